The van der Waals surface area contributed by atoms with Crippen LogP contribution in [0.3, 0.4) is 0 Å². The van der Waals surface area contributed by atoms with Gasteiger partial charge in [-0.25, -0.2) is 0 Å². The molecule has 0 radical (unpaired) electrons. The summed E-state index contributed by atoms with van der Waals surface area (Å²) in [4.78, 5) is 20.8. The fourth-order valence-electron chi connectivity index (χ4n) is 1.21. The third-order valence-corrected chi connectivity index (χ3v) is 2.11. The Bertz CT molecular complexity index is 602. The SMILES string of the molecule is Nc1onc(-c2ccc([N+](=O)[O-])o2)c1C(=O)Cl. The molecule has 88 valence electrons. The highest BCUT2D eigenvalue weighted by Crippen LogP contribution is 2.31. The van der Waals surface area contributed by atoms with Gasteiger partial charge in [-0.15, -0.1) is 0 Å². The van der Waals surface area contributed by atoms with Crippen LogP contribution in [0.1, 0.15) is 10.4 Å². The Morgan fingerprint density at radius 1 is 1.53 bits per heavy atom. The van der Waals surface area contributed by atoms with Crippen LogP contribution < -0.4 is 5.73 Å². The van der Waals surface area contributed by atoms with Crippen molar-refractivity contribution in [2.45, 2.75) is 0 Å². The molecule has 0 aliphatic carbocycles. The summed E-state index contributed by atoms with van der Waals surface area (Å²) in [5.41, 5.74) is 5.08. The van der Waals surface area contributed by atoms with E-state index >= 15 is 0 Å². The maximum absolute atomic E-state index is 11.1. The van der Waals surface area contributed by atoms with Gasteiger partial charge in [0.2, 0.25) is 5.88 Å². The molecule has 0 fully saturated rings. The summed E-state index contributed by atoms with van der Waals surface area (Å²) in [5.74, 6) is -0.797. The maximum atomic E-state index is 11.1. The summed E-state index contributed by atoms with van der Waals surface area (Å²) in [6, 6.07) is 2.38. The lowest BCUT2D eigenvalue weighted by atomic mass is 10.2. The molecule has 0 aromatic carbocycles. The van der Waals surface area contributed by atoms with Gasteiger partial charge >= 0.3 is 5.88 Å². The number of nitrogen functional groups attached to an aromatic ring is 1. The fraction of sp³-hybridized carbons (Fsp3) is 0. The smallest absolute Gasteiger partial charge is 0.399 e. The van der Waals surface area contributed by atoms with Crippen LogP contribution in [0, 0.1) is 10.1 Å². The Balaban J connectivity index is 2.53. The number of nitrogens with zero attached hydrogens (tertiary/aromatic N) is 2. The fourth-order valence-corrected chi connectivity index (χ4v) is 1.40. The van der Waals surface area contributed by atoms with E-state index < -0.39 is 16.0 Å². The first-order chi connectivity index (χ1) is 8.00. The van der Waals surface area contributed by atoms with E-state index in [4.69, 9.17) is 21.8 Å². The molecule has 0 saturated carbocycles. The van der Waals surface area contributed by atoms with Crippen LogP contribution >= 0.6 is 11.6 Å². The molecule has 0 bridgehead atoms. The zero-order valence-corrected chi connectivity index (χ0v) is 8.80. The average molecular weight is 258 g/mol. The van der Waals surface area contributed by atoms with Crippen LogP contribution in [0.4, 0.5) is 11.8 Å². The molecule has 2 heterocycles. The number of nitro groups is 1. The van der Waals surface area contributed by atoms with Crippen molar-refractivity contribution in [1.29, 1.82) is 0 Å². The number of rotatable bonds is 3. The first kappa shape index (κ1) is 11.1. The number of carbonyl (C=O) groups excluding carboxylic acids is 1. The van der Waals surface area contributed by atoms with Crippen LogP contribution in [0.2, 0.25) is 0 Å². The number of carbonyl (C=O) groups is 1. The maximum Gasteiger partial charge on any atom is 0.433 e. The second-order valence-corrected chi connectivity index (χ2v) is 3.28. The highest BCUT2D eigenvalue weighted by molar-refractivity contribution is 6.68. The predicted molar refractivity (Wildman–Crippen MR) is 55.5 cm³/mol. The molecule has 2 aromatic rings. The lowest BCUT2D eigenvalue weighted by Gasteiger charge is -1.91. The summed E-state index contributed by atoms with van der Waals surface area (Å²) in [5, 5.41) is 13.0. The van der Waals surface area contributed by atoms with Crippen molar-refractivity contribution in [2.75, 3.05) is 5.73 Å². The average Bonchev–Trinajstić information content (AvgIpc) is 2.82. The molecule has 17 heavy (non-hydrogen) atoms. The molecule has 0 aliphatic heterocycles. The molecule has 0 aliphatic rings. The molecule has 0 amide bonds. The Morgan fingerprint density at radius 2 is 2.24 bits per heavy atom. The van der Waals surface area contributed by atoms with Gasteiger partial charge in [0.05, 0.1) is 6.07 Å². The summed E-state index contributed by atoms with van der Waals surface area (Å²) in [7, 11) is 0. The Hall–Kier alpha value is -2.35. The molecule has 2 rings (SSSR count). The van der Waals surface area contributed by atoms with E-state index in [2.05, 4.69) is 9.68 Å². The molecule has 0 saturated heterocycles. The summed E-state index contributed by atoms with van der Waals surface area (Å²) in [6.07, 6.45) is 0. The van der Waals surface area contributed by atoms with Gasteiger partial charge in [-0.2, -0.15) is 0 Å². The van der Waals surface area contributed by atoms with Crippen molar-refractivity contribution in [3.05, 3.63) is 27.8 Å². The molecule has 0 unspecified atom stereocenters. The van der Waals surface area contributed by atoms with E-state index in [0.29, 0.717) is 0 Å². The normalized spacial score (nSPS) is 10.4. The largest absolute Gasteiger partial charge is 0.433 e. The van der Waals surface area contributed by atoms with Gasteiger partial charge in [0, 0.05) is 0 Å². The first-order valence-electron chi connectivity index (χ1n) is 4.20. The Kier molecular flexibility index (Phi) is 2.56. The standard InChI is InChI=1S/C8H4ClN3O5/c9-7(13)5-6(11-17-8(5)10)3-1-2-4(16-3)12(14)15/h1-2H,10H2. The number of halogens is 1. The van der Waals surface area contributed by atoms with Gasteiger partial charge in [0.15, 0.2) is 11.5 Å². The minimum Gasteiger partial charge on any atom is -0.399 e. The predicted octanol–water partition coefficient (Wildman–Crippen LogP) is 1.80. The first-order valence-corrected chi connectivity index (χ1v) is 4.58. The van der Waals surface area contributed by atoms with E-state index in [1.54, 1.807) is 0 Å². The summed E-state index contributed by atoms with van der Waals surface area (Å²) < 4.78 is 9.42. The number of nitrogens with two attached hydrogens (primary N) is 1. The molecule has 0 atom stereocenters. The van der Waals surface area contributed by atoms with Crippen molar-refractivity contribution >= 4 is 28.6 Å². The second-order valence-electron chi connectivity index (χ2n) is 2.94. The lowest BCUT2D eigenvalue weighted by molar-refractivity contribution is -0.401. The quantitative estimate of drug-likeness (QED) is 0.505. The number of hydrogen-bond acceptors (Lipinski definition) is 7. The van der Waals surface area contributed by atoms with Gasteiger partial charge in [-0.3, -0.25) is 14.9 Å². The van der Waals surface area contributed by atoms with E-state index in [9.17, 15) is 14.9 Å². The molecule has 9 heteroatoms. The monoisotopic (exact) mass is 257 g/mol. The highest BCUT2D eigenvalue weighted by atomic mass is 35.5. The molecule has 8 nitrogen and oxygen atoms in total. The van der Waals surface area contributed by atoms with Crippen molar-refractivity contribution in [1.82, 2.24) is 5.16 Å². The number of furan rings is 1. The van der Waals surface area contributed by atoms with E-state index in [0.717, 1.165) is 6.07 Å². The van der Waals surface area contributed by atoms with Crippen molar-refractivity contribution in [3.63, 3.8) is 0 Å². The van der Waals surface area contributed by atoms with E-state index in [-0.39, 0.29) is 22.9 Å². The van der Waals surface area contributed by atoms with Gasteiger partial charge in [-0.05, 0) is 17.7 Å². The summed E-state index contributed by atoms with van der Waals surface area (Å²) >= 11 is 5.28. The van der Waals surface area contributed by atoms with Crippen LogP contribution in [0.15, 0.2) is 21.1 Å². The minimum absolute atomic E-state index is 0.0267. The Morgan fingerprint density at radius 3 is 2.76 bits per heavy atom. The van der Waals surface area contributed by atoms with E-state index in [1.807, 2.05) is 0 Å². The number of anilines is 1. The Labute approximate surface area is 98.1 Å². The number of aromatic nitrogens is 1. The topological polar surface area (TPSA) is 125 Å². The molecular formula is C8H4ClN3O5. The third-order valence-electron chi connectivity index (χ3n) is 1.92. The van der Waals surface area contributed by atoms with Crippen molar-refractivity contribution in [2.24, 2.45) is 0 Å². The van der Waals surface area contributed by atoms with Gasteiger partial charge < -0.3 is 14.7 Å². The molecule has 0 spiro atoms. The van der Waals surface area contributed by atoms with Gasteiger partial charge in [0.25, 0.3) is 5.24 Å². The minimum atomic E-state index is -0.891. The van der Waals surface area contributed by atoms with Crippen molar-refractivity contribution in [3.8, 4) is 11.5 Å². The van der Waals surface area contributed by atoms with Gasteiger partial charge in [-0.1, -0.05) is 5.16 Å². The number of hydrogen-bond donors (Lipinski definition) is 1. The third kappa shape index (κ3) is 1.85. The molecule has 2 aromatic heterocycles. The second kappa shape index (κ2) is 3.91. The van der Waals surface area contributed by atoms with Crippen LogP contribution in [0.25, 0.3) is 11.5 Å². The van der Waals surface area contributed by atoms with E-state index in [1.165, 1.54) is 6.07 Å². The lowest BCUT2D eigenvalue weighted by Crippen LogP contribution is -1.95. The summed E-state index contributed by atoms with van der Waals surface area (Å²) in [6.45, 7) is 0. The van der Waals surface area contributed by atoms with Crippen molar-refractivity contribution < 1.29 is 18.7 Å². The van der Waals surface area contributed by atoms with Crippen LogP contribution in [-0.4, -0.2) is 15.3 Å². The molecular weight excluding hydrogens is 254 g/mol. The molecule has 2 N–H and O–H groups in total. The van der Waals surface area contributed by atoms with Gasteiger partial charge in [0.1, 0.15) is 10.5 Å². The zero-order chi connectivity index (χ0) is 12.6. The van der Waals surface area contributed by atoms with Crippen LogP contribution in [0.5, 0.6) is 0 Å². The van der Waals surface area contributed by atoms with Crippen LogP contribution in [-0.2, 0) is 0 Å². The zero-order valence-electron chi connectivity index (χ0n) is 8.05. The highest BCUT2D eigenvalue weighted by Gasteiger charge is 2.25.